The normalized spacial score (nSPS) is 20.9. The second-order valence-corrected chi connectivity index (χ2v) is 10.4. The van der Waals surface area contributed by atoms with Gasteiger partial charge in [-0.2, -0.15) is 0 Å². The van der Waals surface area contributed by atoms with E-state index in [4.69, 9.17) is 0 Å². The number of aryl methyl sites for hydroxylation is 1. The molecule has 2 saturated heterocycles. The molecule has 0 radical (unpaired) electrons. The fraction of sp³-hybridized carbons (Fsp3) is 0.517. The first-order valence-corrected chi connectivity index (χ1v) is 13.2. The highest BCUT2D eigenvalue weighted by Crippen LogP contribution is 2.28. The minimum absolute atomic E-state index is 0.151. The molecule has 2 aliphatic heterocycles. The Kier molecular flexibility index (Phi) is 7.49. The molecule has 186 valence electrons. The molecule has 35 heavy (non-hydrogen) atoms. The summed E-state index contributed by atoms with van der Waals surface area (Å²) in [6, 6.07) is 19.1. The Bertz CT molecular complexity index is 989. The quantitative estimate of drug-likeness (QED) is 0.646. The monoisotopic (exact) mass is 474 g/mol. The maximum absolute atomic E-state index is 13.7. The van der Waals surface area contributed by atoms with Crippen molar-refractivity contribution >= 4 is 11.8 Å². The molecule has 0 N–H and O–H groups in total. The Labute approximate surface area is 209 Å². The number of nitrogens with zero attached hydrogens (tertiary/aromatic N) is 4. The van der Waals surface area contributed by atoms with E-state index in [0.717, 1.165) is 56.4 Å². The minimum Gasteiger partial charge on any atom is -0.339 e. The van der Waals surface area contributed by atoms with E-state index in [9.17, 15) is 9.59 Å². The molecule has 1 aliphatic carbocycles. The molecule has 2 heterocycles. The molecular formula is C29H38N4O2. The molecule has 2 amide bonds. The number of rotatable bonds is 6. The molecule has 3 aliphatic rings. The van der Waals surface area contributed by atoms with Crippen LogP contribution in [-0.4, -0.2) is 96.4 Å². The third-order valence-corrected chi connectivity index (χ3v) is 8.09. The lowest BCUT2D eigenvalue weighted by Gasteiger charge is -2.43. The molecule has 2 aromatic carbocycles. The van der Waals surface area contributed by atoms with Crippen LogP contribution in [0.4, 0.5) is 0 Å². The van der Waals surface area contributed by atoms with E-state index < -0.39 is 0 Å². The summed E-state index contributed by atoms with van der Waals surface area (Å²) in [4.78, 5) is 35.4. The molecule has 1 saturated carbocycles. The zero-order chi connectivity index (χ0) is 24.2. The maximum atomic E-state index is 13.7. The molecule has 0 bridgehead atoms. The fourth-order valence-electron chi connectivity index (χ4n) is 5.57. The Balaban J connectivity index is 1.15. The number of piperazine rings is 2. The zero-order valence-electron chi connectivity index (χ0n) is 20.9. The van der Waals surface area contributed by atoms with Gasteiger partial charge in [-0.1, -0.05) is 66.6 Å². The highest BCUT2D eigenvalue weighted by molar-refractivity contribution is 5.87. The summed E-state index contributed by atoms with van der Waals surface area (Å²) in [7, 11) is 0. The maximum Gasteiger partial charge on any atom is 0.236 e. The molecule has 6 nitrogen and oxygen atoms in total. The number of amides is 2. The lowest BCUT2D eigenvalue weighted by Crippen LogP contribution is -2.56. The summed E-state index contributed by atoms with van der Waals surface area (Å²) < 4.78 is 0. The van der Waals surface area contributed by atoms with E-state index in [1.807, 2.05) is 40.1 Å². The molecule has 2 aromatic rings. The molecule has 6 heteroatoms. The van der Waals surface area contributed by atoms with Crippen LogP contribution in [0.5, 0.6) is 0 Å². The summed E-state index contributed by atoms with van der Waals surface area (Å²) in [5, 5.41) is 0. The van der Waals surface area contributed by atoms with Crippen molar-refractivity contribution < 1.29 is 9.59 Å². The van der Waals surface area contributed by atoms with Gasteiger partial charge >= 0.3 is 0 Å². The third kappa shape index (κ3) is 5.60. The topological polar surface area (TPSA) is 47.1 Å². The van der Waals surface area contributed by atoms with Gasteiger partial charge < -0.3 is 9.80 Å². The molecule has 1 atom stereocenters. The van der Waals surface area contributed by atoms with Crippen LogP contribution < -0.4 is 0 Å². The molecule has 0 aromatic heterocycles. The molecular weight excluding hydrogens is 436 g/mol. The lowest BCUT2D eigenvalue weighted by molar-refractivity contribution is -0.136. The number of carbonyl (C=O) groups is 2. The van der Waals surface area contributed by atoms with Crippen LogP contribution in [0.25, 0.3) is 0 Å². The molecule has 3 fully saturated rings. The average molecular weight is 475 g/mol. The first kappa shape index (κ1) is 24.0. The third-order valence-electron chi connectivity index (χ3n) is 8.09. The van der Waals surface area contributed by atoms with Crippen LogP contribution in [-0.2, 0) is 9.59 Å². The van der Waals surface area contributed by atoms with E-state index in [1.54, 1.807) is 0 Å². The Hall–Kier alpha value is -2.70. The van der Waals surface area contributed by atoms with Crippen molar-refractivity contribution in [3.63, 3.8) is 0 Å². The summed E-state index contributed by atoms with van der Waals surface area (Å²) in [6.07, 6.45) is 4.01. The highest BCUT2D eigenvalue weighted by Gasteiger charge is 2.32. The SMILES string of the molecule is Cc1ccc(C(C(=O)N2CCN(CC(=O)N3CCN(C4CCC4)CC3)CC2)c2ccccc2)cc1. The van der Waals surface area contributed by atoms with Crippen LogP contribution >= 0.6 is 0 Å². The first-order valence-electron chi connectivity index (χ1n) is 13.2. The van der Waals surface area contributed by atoms with Gasteiger partial charge in [0.1, 0.15) is 0 Å². The number of hydrogen-bond donors (Lipinski definition) is 0. The van der Waals surface area contributed by atoms with Gasteiger partial charge in [-0.05, 0) is 30.9 Å². The van der Waals surface area contributed by atoms with Crippen molar-refractivity contribution in [1.29, 1.82) is 0 Å². The van der Waals surface area contributed by atoms with Crippen molar-refractivity contribution in [3.05, 3.63) is 71.3 Å². The second kappa shape index (κ2) is 10.9. The van der Waals surface area contributed by atoms with E-state index in [1.165, 1.54) is 24.8 Å². The molecule has 1 unspecified atom stereocenters. The van der Waals surface area contributed by atoms with Crippen molar-refractivity contribution in [3.8, 4) is 0 Å². The zero-order valence-corrected chi connectivity index (χ0v) is 20.9. The van der Waals surface area contributed by atoms with Gasteiger partial charge in [-0.3, -0.25) is 19.4 Å². The fourth-order valence-corrected chi connectivity index (χ4v) is 5.57. The lowest BCUT2D eigenvalue weighted by atomic mass is 9.89. The van der Waals surface area contributed by atoms with Crippen molar-refractivity contribution in [2.45, 2.75) is 38.1 Å². The number of hydrogen-bond acceptors (Lipinski definition) is 4. The Morgan fingerprint density at radius 3 is 1.97 bits per heavy atom. The van der Waals surface area contributed by atoms with Crippen molar-refractivity contribution in [1.82, 2.24) is 19.6 Å². The highest BCUT2D eigenvalue weighted by atomic mass is 16.2. The van der Waals surface area contributed by atoms with E-state index in [-0.39, 0.29) is 17.7 Å². The van der Waals surface area contributed by atoms with E-state index >= 15 is 0 Å². The number of carbonyl (C=O) groups excluding carboxylic acids is 2. The standard InChI is InChI=1S/C29H38N4O2/c1-23-10-12-25(13-11-23)28(24-6-3-2-4-7-24)29(35)33-16-14-30(15-17-33)22-27(34)32-20-18-31(19-21-32)26-8-5-9-26/h2-4,6-7,10-13,26,28H,5,8-9,14-22H2,1H3. The number of benzene rings is 2. The summed E-state index contributed by atoms with van der Waals surface area (Å²) >= 11 is 0. The average Bonchev–Trinajstić information content (AvgIpc) is 2.86. The van der Waals surface area contributed by atoms with Crippen molar-refractivity contribution in [2.24, 2.45) is 0 Å². The van der Waals surface area contributed by atoms with Gasteiger partial charge in [0, 0.05) is 58.4 Å². The van der Waals surface area contributed by atoms with E-state index in [0.29, 0.717) is 19.6 Å². The first-order chi connectivity index (χ1) is 17.1. The molecule has 0 spiro atoms. The largest absolute Gasteiger partial charge is 0.339 e. The van der Waals surface area contributed by atoms with Crippen LogP contribution in [0.15, 0.2) is 54.6 Å². The minimum atomic E-state index is -0.294. The summed E-state index contributed by atoms with van der Waals surface area (Å²) in [5.41, 5.74) is 3.25. The van der Waals surface area contributed by atoms with Crippen LogP contribution in [0, 0.1) is 6.92 Å². The van der Waals surface area contributed by atoms with Crippen LogP contribution in [0.1, 0.15) is 41.9 Å². The van der Waals surface area contributed by atoms with Crippen molar-refractivity contribution in [2.75, 3.05) is 58.9 Å². The predicted octanol–water partition coefficient (Wildman–Crippen LogP) is 2.97. The van der Waals surface area contributed by atoms with Gasteiger partial charge in [0.2, 0.25) is 11.8 Å². The van der Waals surface area contributed by atoms with Gasteiger partial charge in [0.15, 0.2) is 0 Å². The van der Waals surface area contributed by atoms with Crippen LogP contribution in [0.2, 0.25) is 0 Å². The second-order valence-electron chi connectivity index (χ2n) is 10.4. The van der Waals surface area contributed by atoms with Crippen LogP contribution in [0.3, 0.4) is 0 Å². The Morgan fingerprint density at radius 1 is 0.771 bits per heavy atom. The van der Waals surface area contributed by atoms with E-state index in [2.05, 4.69) is 41.0 Å². The van der Waals surface area contributed by atoms with Gasteiger partial charge in [0.25, 0.3) is 0 Å². The smallest absolute Gasteiger partial charge is 0.236 e. The van der Waals surface area contributed by atoms with Gasteiger partial charge in [-0.15, -0.1) is 0 Å². The van der Waals surface area contributed by atoms with Gasteiger partial charge in [-0.25, -0.2) is 0 Å². The summed E-state index contributed by atoms with van der Waals surface area (Å²) in [5.74, 6) is 0.0925. The summed E-state index contributed by atoms with van der Waals surface area (Å²) in [6.45, 7) is 9.07. The predicted molar refractivity (Wildman–Crippen MR) is 138 cm³/mol. The molecule has 5 rings (SSSR count). The van der Waals surface area contributed by atoms with Gasteiger partial charge in [0.05, 0.1) is 12.5 Å². The Morgan fingerprint density at radius 2 is 1.37 bits per heavy atom.